The Labute approximate surface area is 210 Å². The molecule has 0 saturated heterocycles. The maximum Gasteiger partial charge on any atom is 0.262 e. The fraction of sp³-hybridized carbons (Fsp3) is 0.174. The van der Waals surface area contributed by atoms with Gasteiger partial charge in [-0.1, -0.05) is 60.3 Å². The summed E-state index contributed by atoms with van der Waals surface area (Å²) in [5, 5.41) is 8.21. The van der Waals surface area contributed by atoms with Gasteiger partial charge in [0.05, 0.1) is 21.3 Å². The molecule has 0 spiro atoms. The minimum atomic E-state index is -0.832. The summed E-state index contributed by atoms with van der Waals surface area (Å²) >= 11 is 24.1. The van der Waals surface area contributed by atoms with Crippen LogP contribution in [0.25, 0.3) is 11.3 Å². The van der Waals surface area contributed by atoms with E-state index in [9.17, 15) is 9.59 Å². The van der Waals surface area contributed by atoms with Gasteiger partial charge in [0.2, 0.25) is 0 Å². The van der Waals surface area contributed by atoms with Gasteiger partial charge in [-0.3, -0.25) is 9.59 Å². The molecule has 1 heterocycles. The van der Waals surface area contributed by atoms with Crippen molar-refractivity contribution in [3.8, 4) is 11.3 Å². The molecule has 0 aliphatic heterocycles. The number of nitrogens with one attached hydrogen (secondary N) is 2. The molecule has 3 aromatic rings. The van der Waals surface area contributed by atoms with E-state index < -0.39 is 17.9 Å². The number of rotatable bonds is 7. The lowest BCUT2D eigenvalue weighted by molar-refractivity contribution is -0.123. The highest BCUT2D eigenvalue weighted by Crippen LogP contribution is 2.31. The Hall–Kier alpha value is -2.51. The summed E-state index contributed by atoms with van der Waals surface area (Å²) in [5.41, 5.74) is 3.34. The number of hydrogen-bond acceptors (Lipinski definition) is 4. The van der Waals surface area contributed by atoms with Gasteiger partial charge in [0.1, 0.15) is 17.6 Å². The predicted molar refractivity (Wildman–Crippen MR) is 132 cm³/mol. The first-order valence-electron chi connectivity index (χ1n) is 9.80. The van der Waals surface area contributed by atoms with Gasteiger partial charge < -0.3 is 9.73 Å². The van der Waals surface area contributed by atoms with Gasteiger partial charge in [0, 0.05) is 16.1 Å². The Kier molecular flexibility index (Phi) is 8.43. The van der Waals surface area contributed by atoms with Crippen molar-refractivity contribution in [1.29, 1.82) is 0 Å². The van der Waals surface area contributed by atoms with E-state index in [1.165, 1.54) is 24.4 Å². The average molecular weight is 527 g/mol. The molecule has 0 saturated carbocycles. The van der Waals surface area contributed by atoms with Crippen LogP contribution < -0.4 is 10.7 Å². The number of benzene rings is 2. The third-order valence-corrected chi connectivity index (χ3v) is 5.91. The monoisotopic (exact) mass is 525 g/mol. The Bertz CT molecular complexity index is 1210. The lowest BCUT2D eigenvalue weighted by atomic mass is 10.0. The SMILES string of the molecule is CC(C)C(NC(=O)c1ccc(Cl)c(Cl)c1)C(=O)NN=Cc1ccc(-c2cc(Cl)ccc2Cl)o1. The van der Waals surface area contributed by atoms with Crippen LogP contribution in [0.15, 0.2) is 58.0 Å². The largest absolute Gasteiger partial charge is 0.455 e. The zero-order valence-electron chi connectivity index (χ0n) is 17.5. The van der Waals surface area contributed by atoms with Crippen molar-refractivity contribution in [2.24, 2.45) is 11.0 Å². The Balaban J connectivity index is 1.65. The van der Waals surface area contributed by atoms with Crippen LogP contribution >= 0.6 is 46.4 Å². The Morgan fingerprint density at radius 3 is 2.36 bits per heavy atom. The number of furan rings is 1. The summed E-state index contributed by atoms with van der Waals surface area (Å²) in [4.78, 5) is 25.2. The van der Waals surface area contributed by atoms with E-state index in [2.05, 4.69) is 15.8 Å². The molecule has 0 aliphatic carbocycles. The van der Waals surface area contributed by atoms with E-state index in [1.807, 2.05) is 0 Å². The third kappa shape index (κ3) is 6.51. The minimum absolute atomic E-state index is 0.202. The molecule has 33 heavy (non-hydrogen) atoms. The minimum Gasteiger partial charge on any atom is -0.455 e. The molecule has 0 aliphatic rings. The van der Waals surface area contributed by atoms with E-state index in [-0.39, 0.29) is 16.5 Å². The summed E-state index contributed by atoms with van der Waals surface area (Å²) < 4.78 is 5.70. The van der Waals surface area contributed by atoms with Crippen molar-refractivity contribution in [3.05, 3.63) is 79.9 Å². The Morgan fingerprint density at radius 2 is 1.67 bits per heavy atom. The first-order chi connectivity index (χ1) is 15.7. The number of carbonyl (C=O) groups excluding carboxylic acids is 2. The molecule has 1 atom stereocenters. The van der Waals surface area contributed by atoms with Gasteiger partial charge in [0.25, 0.3) is 11.8 Å². The fourth-order valence-electron chi connectivity index (χ4n) is 2.88. The fourth-order valence-corrected chi connectivity index (χ4v) is 3.56. The van der Waals surface area contributed by atoms with Gasteiger partial charge in [0.15, 0.2) is 0 Å². The van der Waals surface area contributed by atoms with E-state index in [4.69, 9.17) is 50.8 Å². The topological polar surface area (TPSA) is 83.7 Å². The van der Waals surface area contributed by atoms with Crippen LogP contribution in [0.3, 0.4) is 0 Å². The highest BCUT2D eigenvalue weighted by Gasteiger charge is 2.24. The number of halogens is 4. The standard InChI is InChI=1S/C23H19Cl4N3O3/c1-12(2)21(29-22(31)13-3-6-18(26)19(27)9-13)23(32)30-28-11-15-5-8-20(33-15)16-10-14(24)4-7-17(16)25/h3-12,21H,1-2H3,(H,29,31)(H,30,32). The molecule has 1 unspecified atom stereocenters. The molecule has 2 amide bonds. The summed E-state index contributed by atoms with van der Waals surface area (Å²) in [5.74, 6) is -0.251. The van der Waals surface area contributed by atoms with Crippen molar-refractivity contribution >= 4 is 64.4 Å². The number of hydrazone groups is 1. The smallest absolute Gasteiger partial charge is 0.262 e. The molecule has 2 N–H and O–H groups in total. The molecule has 0 fully saturated rings. The van der Waals surface area contributed by atoms with Crippen molar-refractivity contribution in [3.63, 3.8) is 0 Å². The highest BCUT2D eigenvalue weighted by molar-refractivity contribution is 6.42. The van der Waals surface area contributed by atoms with Gasteiger partial charge in [-0.05, 0) is 54.4 Å². The van der Waals surface area contributed by atoms with Crippen LogP contribution in [0, 0.1) is 5.92 Å². The molecule has 1 aromatic heterocycles. The van der Waals surface area contributed by atoms with E-state index in [1.54, 1.807) is 44.2 Å². The number of nitrogens with zero attached hydrogens (tertiary/aromatic N) is 1. The first kappa shape index (κ1) is 25.1. The van der Waals surface area contributed by atoms with Crippen LogP contribution in [-0.2, 0) is 4.79 Å². The van der Waals surface area contributed by atoms with E-state index >= 15 is 0 Å². The highest BCUT2D eigenvalue weighted by atomic mass is 35.5. The molecule has 172 valence electrons. The summed E-state index contributed by atoms with van der Waals surface area (Å²) in [6, 6.07) is 12.1. The van der Waals surface area contributed by atoms with E-state index in [0.29, 0.717) is 32.2 Å². The number of hydrogen-bond donors (Lipinski definition) is 2. The number of amides is 2. The van der Waals surface area contributed by atoms with Crippen molar-refractivity contribution in [2.75, 3.05) is 0 Å². The second kappa shape index (κ2) is 11.1. The van der Waals surface area contributed by atoms with Crippen LogP contribution in [0.4, 0.5) is 0 Å². The van der Waals surface area contributed by atoms with Crippen molar-refractivity contribution in [2.45, 2.75) is 19.9 Å². The predicted octanol–water partition coefficient (Wildman–Crippen LogP) is 6.46. The maximum atomic E-state index is 12.6. The van der Waals surface area contributed by atoms with Gasteiger partial charge in [-0.15, -0.1) is 0 Å². The lowest BCUT2D eigenvalue weighted by Crippen LogP contribution is -2.48. The zero-order chi connectivity index (χ0) is 24.1. The van der Waals surface area contributed by atoms with Gasteiger partial charge in [-0.2, -0.15) is 5.10 Å². The third-order valence-electron chi connectivity index (χ3n) is 4.60. The molecule has 0 radical (unpaired) electrons. The normalized spacial score (nSPS) is 12.2. The van der Waals surface area contributed by atoms with Crippen molar-refractivity contribution in [1.82, 2.24) is 10.7 Å². The van der Waals surface area contributed by atoms with Gasteiger partial charge >= 0.3 is 0 Å². The summed E-state index contributed by atoms with van der Waals surface area (Å²) in [7, 11) is 0. The lowest BCUT2D eigenvalue weighted by Gasteiger charge is -2.20. The summed E-state index contributed by atoms with van der Waals surface area (Å²) in [6.07, 6.45) is 1.35. The van der Waals surface area contributed by atoms with Crippen LogP contribution in [0.2, 0.25) is 20.1 Å². The van der Waals surface area contributed by atoms with Gasteiger partial charge in [-0.25, -0.2) is 5.43 Å². The first-order valence-corrected chi connectivity index (χ1v) is 11.3. The average Bonchev–Trinajstić information content (AvgIpc) is 3.23. The zero-order valence-corrected chi connectivity index (χ0v) is 20.6. The quantitative estimate of drug-likeness (QED) is 0.273. The second-order valence-electron chi connectivity index (χ2n) is 7.38. The molecule has 2 aromatic carbocycles. The summed E-state index contributed by atoms with van der Waals surface area (Å²) in [6.45, 7) is 3.60. The molecule has 3 rings (SSSR count). The molecular weight excluding hydrogens is 508 g/mol. The molecule has 6 nitrogen and oxygen atoms in total. The van der Waals surface area contributed by atoms with Crippen LogP contribution in [0.1, 0.15) is 30.0 Å². The molecule has 0 bridgehead atoms. The number of carbonyl (C=O) groups is 2. The van der Waals surface area contributed by atoms with Crippen molar-refractivity contribution < 1.29 is 14.0 Å². The second-order valence-corrected chi connectivity index (χ2v) is 9.04. The van der Waals surface area contributed by atoms with E-state index in [0.717, 1.165) is 0 Å². The Morgan fingerprint density at radius 1 is 0.939 bits per heavy atom. The maximum absolute atomic E-state index is 12.6. The van der Waals surface area contributed by atoms with Crippen LogP contribution in [-0.4, -0.2) is 24.1 Å². The van der Waals surface area contributed by atoms with Crippen LogP contribution in [0.5, 0.6) is 0 Å². The molecule has 10 heteroatoms. The molecular formula is C23H19Cl4N3O3.